The minimum atomic E-state index is -0.870. The summed E-state index contributed by atoms with van der Waals surface area (Å²) in [5.74, 6) is -0.870. The van der Waals surface area contributed by atoms with Crippen LogP contribution in [0.2, 0.25) is 0 Å². The minimum absolute atomic E-state index is 0.348. The zero-order valence-corrected chi connectivity index (χ0v) is 11.2. The SMILES string of the molecule is NCCC1CCCCN1Cc1ccc(C(=O)O)cc1. The second-order valence-corrected chi connectivity index (χ2v) is 5.20. The maximum atomic E-state index is 10.8. The Balaban J connectivity index is 2.00. The standard InChI is InChI=1S/C15H22N2O2/c16-9-8-14-3-1-2-10-17(14)11-12-4-6-13(7-5-12)15(18)19/h4-7,14H,1-3,8-11,16H2,(H,18,19). The van der Waals surface area contributed by atoms with Gasteiger partial charge in [0.15, 0.2) is 0 Å². The first kappa shape index (κ1) is 14.0. The van der Waals surface area contributed by atoms with E-state index < -0.39 is 5.97 Å². The molecule has 0 aliphatic carbocycles. The highest BCUT2D eigenvalue weighted by Crippen LogP contribution is 2.21. The van der Waals surface area contributed by atoms with Crippen molar-refractivity contribution in [1.82, 2.24) is 4.90 Å². The number of carboxylic acid groups (broad SMARTS) is 1. The Morgan fingerprint density at radius 1 is 1.32 bits per heavy atom. The molecule has 1 atom stereocenters. The van der Waals surface area contributed by atoms with Crippen molar-refractivity contribution in [1.29, 1.82) is 0 Å². The summed E-state index contributed by atoms with van der Waals surface area (Å²) in [6.45, 7) is 2.75. The van der Waals surface area contributed by atoms with Gasteiger partial charge >= 0.3 is 5.97 Å². The Kier molecular flexibility index (Phi) is 4.93. The molecule has 1 aliphatic heterocycles. The van der Waals surface area contributed by atoms with Crippen molar-refractivity contribution in [2.24, 2.45) is 5.73 Å². The van der Waals surface area contributed by atoms with Crippen LogP contribution in [-0.4, -0.2) is 35.1 Å². The summed E-state index contributed by atoms with van der Waals surface area (Å²) in [4.78, 5) is 13.3. The number of aromatic carboxylic acids is 1. The van der Waals surface area contributed by atoms with Crippen LogP contribution >= 0.6 is 0 Å². The van der Waals surface area contributed by atoms with Crippen molar-refractivity contribution >= 4 is 5.97 Å². The lowest BCUT2D eigenvalue weighted by atomic mass is 9.98. The molecule has 1 unspecified atom stereocenters. The smallest absolute Gasteiger partial charge is 0.335 e. The average Bonchev–Trinajstić information content (AvgIpc) is 2.42. The lowest BCUT2D eigenvalue weighted by molar-refractivity contribution is 0.0697. The third-order valence-corrected chi connectivity index (χ3v) is 3.84. The Morgan fingerprint density at radius 2 is 2.05 bits per heavy atom. The molecule has 0 bridgehead atoms. The van der Waals surface area contributed by atoms with E-state index in [4.69, 9.17) is 10.8 Å². The molecule has 4 heteroatoms. The van der Waals surface area contributed by atoms with Crippen molar-refractivity contribution in [2.45, 2.75) is 38.3 Å². The molecule has 1 saturated heterocycles. The number of piperidine rings is 1. The highest BCUT2D eigenvalue weighted by molar-refractivity contribution is 5.87. The van der Waals surface area contributed by atoms with Gasteiger partial charge in [0.25, 0.3) is 0 Å². The first-order valence-electron chi connectivity index (χ1n) is 6.97. The Hall–Kier alpha value is -1.39. The van der Waals surface area contributed by atoms with E-state index in [2.05, 4.69) is 4.90 Å². The van der Waals surface area contributed by atoms with Crippen molar-refractivity contribution in [3.63, 3.8) is 0 Å². The van der Waals surface area contributed by atoms with Crippen LogP contribution in [0.25, 0.3) is 0 Å². The van der Waals surface area contributed by atoms with Crippen LogP contribution in [0.1, 0.15) is 41.6 Å². The second-order valence-electron chi connectivity index (χ2n) is 5.20. The summed E-state index contributed by atoms with van der Waals surface area (Å²) < 4.78 is 0. The number of hydrogen-bond donors (Lipinski definition) is 2. The second kappa shape index (κ2) is 6.68. The van der Waals surface area contributed by atoms with Gasteiger partial charge in [-0.1, -0.05) is 18.6 Å². The van der Waals surface area contributed by atoms with Gasteiger partial charge in [0.2, 0.25) is 0 Å². The Morgan fingerprint density at radius 3 is 2.68 bits per heavy atom. The summed E-state index contributed by atoms with van der Waals surface area (Å²) in [7, 11) is 0. The largest absolute Gasteiger partial charge is 0.478 e. The first-order valence-corrected chi connectivity index (χ1v) is 6.97. The lowest BCUT2D eigenvalue weighted by Gasteiger charge is -2.35. The molecule has 0 aromatic heterocycles. The number of rotatable bonds is 5. The maximum Gasteiger partial charge on any atom is 0.335 e. The molecule has 19 heavy (non-hydrogen) atoms. The predicted molar refractivity (Wildman–Crippen MR) is 75.1 cm³/mol. The van der Waals surface area contributed by atoms with Gasteiger partial charge in [-0.25, -0.2) is 4.79 Å². The highest BCUT2D eigenvalue weighted by Gasteiger charge is 2.21. The normalized spacial score (nSPS) is 20.4. The fourth-order valence-electron chi connectivity index (χ4n) is 2.77. The summed E-state index contributed by atoms with van der Waals surface area (Å²) >= 11 is 0. The van der Waals surface area contributed by atoms with Crippen LogP contribution < -0.4 is 5.73 Å². The van der Waals surface area contributed by atoms with Gasteiger partial charge in [0.05, 0.1) is 5.56 Å². The molecule has 1 fully saturated rings. The van der Waals surface area contributed by atoms with E-state index in [-0.39, 0.29) is 0 Å². The van der Waals surface area contributed by atoms with Crippen molar-refractivity contribution < 1.29 is 9.90 Å². The maximum absolute atomic E-state index is 10.8. The fourth-order valence-corrected chi connectivity index (χ4v) is 2.77. The first-order chi connectivity index (χ1) is 9.20. The molecule has 104 valence electrons. The van der Waals surface area contributed by atoms with Gasteiger partial charge in [-0.05, 0) is 50.0 Å². The number of benzene rings is 1. The van der Waals surface area contributed by atoms with Gasteiger partial charge in [0, 0.05) is 12.6 Å². The van der Waals surface area contributed by atoms with Gasteiger partial charge in [-0.15, -0.1) is 0 Å². The number of hydrogen-bond acceptors (Lipinski definition) is 3. The van der Waals surface area contributed by atoms with Gasteiger partial charge < -0.3 is 10.8 Å². The topological polar surface area (TPSA) is 66.6 Å². The zero-order valence-electron chi connectivity index (χ0n) is 11.2. The van der Waals surface area contributed by atoms with Crippen LogP contribution in [0.3, 0.4) is 0 Å². The monoisotopic (exact) mass is 262 g/mol. The van der Waals surface area contributed by atoms with E-state index in [1.54, 1.807) is 12.1 Å². The van der Waals surface area contributed by atoms with Gasteiger partial charge in [0.1, 0.15) is 0 Å². The van der Waals surface area contributed by atoms with Crippen LogP contribution in [0.4, 0.5) is 0 Å². The van der Waals surface area contributed by atoms with Crippen LogP contribution in [0.5, 0.6) is 0 Å². The van der Waals surface area contributed by atoms with E-state index >= 15 is 0 Å². The van der Waals surface area contributed by atoms with E-state index in [1.807, 2.05) is 12.1 Å². The van der Waals surface area contributed by atoms with Crippen LogP contribution in [-0.2, 0) is 6.54 Å². The van der Waals surface area contributed by atoms with Crippen molar-refractivity contribution in [3.8, 4) is 0 Å². The van der Waals surface area contributed by atoms with Crippen LogP contribution in [0.15, 0.2) is 24.3 Å². The predicted octanol–water partition coefficient (Wildman–Crippen LogP) is 2.09. The Labute approximate surface area is 114 Å². The molecule has 2 rings (SSSR count). The molecule has 1 aromatic rings. The molecule has 0 saturated carbocycles. The molecular weight excluding hydrogens is 240 g/mol. The quantitative estimate of drug-likeness (QED) is 0.852. The molecule has 1 heterocycles. The number of likely N-dealkylation sites (tertiary alicyclic amines) is 1. The molecule has 4 nitrogen and oxygen atoms in total. The molecule has 1 aliphatic rings. The molecule has 0 amide bonds. The van der Waals surface area contributed by atoms with Crippen molar-refractivity contribution in [2.75, 3.05) is 13.1 Å². The number of nitrogens with two attached hydrogens (primary N) is 1. The average molecular weight is 262 g/mol. The summed E-state index contributed by atoms with van der Waals surface area (Å²) in [5, 5.41) is 8.88. The van der Waals surface area contributed by atoms with Gasteiger partial charge in [-0.3, -0.25) is 4.90 Å². The number of nitrogens with zero attached hydrogens (tertiary/aromatic N) is 1. The Bertz CT molecular complexity index is 415. The van der Waals surface area contributed by atoms with Crippen LogP contribution in [0, 0.1) is 0 Å². The highest BCUT2D eigenvalue weighted by atomic mass is 16.4. The van der Waals surface area contributed by atoms with E-state index in [9.17, 15) is 4.79 Å². The van der Waals surface area contributed by atoms with Gasteiger partial charge in [-0.2, -0.15) is 0 Å². The van der Waals surface area contributed by atoms with Crippen molar-refractivity contribution in [3.05, 3.63) is 35.4 Å². The molecule has 0 spiro atoms. The summed E-state index contributed by atoms with van der Waals surface area (Å²) in [5.41, 5.74) is 7.20. The van der Waals surface area contributed by atoms with E-state index in [0.717, 1.165) is 26.1 Å². The number of carbonyl (C=O) groups is 1. The van der Waals surface area contributed by atoms with E-state index in [1.165, 1.54) is 24.8 Å². The lowest BCUT2D eigenvalue weighted by Crippen LogP contribution is -2.40. The molecule has 0 radical (unpaired) electrons. The fraction of sp³-hybridized carbons (Fsp3) is 0.533. The molecule has 1 aromatic carbocycles. The summed E-state index contributed by atoms with van der Waals surface area (Å²) in [6.07, 6.45) is 4.81. The van der Waals surface area contributed by atoms with E-state index in [0.29, 0.717) is 11.6 Å². The third kappa shape index (κ3) is 3.78. The minimum Gasteiger partial charge on any atom is -0.478 e. The third-order valence-electron chi connectivity index (χ3n) is 3.84. The zero-order chi connectivity index (χ0) is 13.7. The number of carboxylic acids is 1. The molecular formula is C15H22N2O2. The molecule has 3 N–H and O–H groups in total. The summed E-state index contributed by atoms with van der Waals surface area (Å²) in [6, 6.07) is 7.77.